The van der Waals surface area contributed by atoms with Crippen molar-refractivity contribution in [2.75, 3.05) is 0 Å². The molecular weight excluding hydrogens is 737 g/mol. The first kappa shape index (κ1) is 36.8. The van der Waals surface area contributed by atoms with Crippen LogP contribution in [-0.4, -0.2) is 0 Å². The third-order valence-electron chi connectivity index (χ3n) is 13.2. The van der Waals surface area contributed by atoms with Crippen molar-refractivity contribution in [1.82, 2.24) is 0 Å². The minimum Gasteiger partial charge on any atom is -0.455 e. The van der Waals surface area contributed by atoms with Gasteiger partial charge >= 0.3 is 0 Å². The molecule has 1 aromatic heterocycles. The van der Waals surface area contributed by atoms with E-state index in [1.807, 2.05) is 6.07 Å². The Morgan fingerprint density at radius 3 is 1.66 bits per heavy atom. The van der Waals surface area contributed by atoms with Crippen molar-refractivity contribution in [3.8, 4) is 55.6 Å². The first-order chi connectivity index (χ1) is 30.0. The highest BCUT2D eigenvalue weighted by Gasteiger charge is 2.35. The molecule has 1 heterocycles. The molecule has 9 aromatic carbocycles. The van der Waals surface area contributed by atoms with Gasteiger partial charge in [-0.2, -0.15) is 0 Å². The average Bonchev–Trinajstić information content (AvgIpc) is 3.81. The molecule has 0 saturated carbocycles. The molecule has 0 N–H and O–H groups in total. The second-order valence-corrected chi connectivity index (χ2v) is 17.2. The lowest BCUT2D eigenvalue weighted by atomic mass is 9.79. The molecule has 1 unspecified atom stereocenters. The normalized spacial score (nSPS) is 13.3. The first-order valence-corrected chi connectivity index (χ1v) is 21.6. The van der Waals surface area contributed by atoms with Gasteiger partial charge in [0.2, 0.25) is 0 Å². The number of aryl methyl sites for hydroxylation is 1. The van der Waals surface area contributed by atoms with Crippen LogP contribution in [0, 0.1) is 0 Å². The molecule has 0 spiro atoms. The van der Waals surface area contributed by atoms with Gasteiger partial charge in [0, 0.05) is 27.7 Å². The molecular formula is C60H46O. The molecule has 61 heavy (non-hydrogen) atoms. The van der Waals surface area contributed by atoms with Gasteiger partial charge in [-0.3, -0.25) is 0 Å². The van der Waals surface area contributed by atoms with Gasteiger partial charge in [-0.25, -0.2) is 0 Å². The Bertz CT molecular complexity index is 3170. The molecule has 0 bridgehead atoms. The number of furan rings is 1. The maximum atomic E-state index is 6.44. The van der Waals surface area contributed by atoms with Crippen LogP contribution in [0.4, 0.5) is 0 Å². The van der Waals surface area contributed by atoms with E-state index in [0.29, 0.717) is 0 Å². The summed E-state index contributed by atoms with van der Waals surface area (Å²) in [5.74, 6) is 0.267. The van der Waals surface area contributed by atoms with Crippen molar-refractivity contribution in [1.29, 1.82) is 0 Å². The summed E-state index contributed by atoms with van der Waals surface area (Å²) in [6, 6.07) is 77.9. The van der Waals surface area contributed by atoms with Crippen molar-refractivity contribution < 1.29 is 4.42 Å². The van der Waals surface area contributed by atoms with E-state index in [2.05, 4.69) is 220 Å². The molecule has 1 heteroatoms. The predicted molar refractivity (Wildman–Crippen MR) is 256 cm³/mol. The topological polar surface area (TPSA) is 13.1 Å². The van der Waals surface area contributed by atoms with Crippen LogP contribution in [0.3, 0.4) is 0 Å². The highest BCUT2D eigenvalue weighted by atomic mass is 16.3. The highest BCUT2D eigenvalue weighted by Crippen LogP contribution is 2.50. The van der Waals surface area contributed by atoms with Gasteiger partial charge in [-0.15, -0.1) is 0 Å². The quantitative estimate of drug-likeness (QED) is 0.142. The van der Waals surface area contributed by atoms with Gasteiger partial charge in [0.25, 0.3) is 0 Å². The Balaban J connectivity index is 0.868. The zero-order valence-corrected chi connectivity index (χ0v) is 34.6. The predicted octanol–water partition coefficient (Wildman–Crippen LogP) is 16.3. The van der Waals surface area contributed by atoms with Gasteiger partial charge in [0.1, 0.15) is 11.2 Å². The van der Waals surface area contributed by atoms with E-state index in [1.54, 1.807) is 0 Å². The molecule has 0 fully saturated rings. The smallest absolute Gasteiger partial charge is 0.143 e. The molecule has 10 aromatic rings. The fraction of sp³-hybridized carbons (Fsp3) is 0.100. The van der Waals surface area contributed by atoms with Crippen LogP contribution in [0.1, 0.15) is 54.0 Å². The van der Waals surface area contributed by atoms with Gasteiger partial charge < -0.3 is 4.42 Å². The molecule has 0 radical (unpaired) electrons. The summed E-state index contributed by atoms with van der Waals surface area (Å²) in [5.41, 5.74) is 21.1. The van der Waals surface area contributed by atoms with Crippen molar-refractivity contribution in [2.45, 2.75) is 38.0 Å². The second kappa shape index (κ2) is 15.1. The summed E-state index contributed by atoms with van der Waals surface area (Å²) in [7, 11) is 0. The SMILES string of the molecule is CC1(C)c2ccccc2-c2ccc(C(CCc3ccc(-c4ccc(-c5cc(-c6ccccc6)c6oc7ccccc7c6c5)cc4)cc3)c3ccc(-c4ccccc4)cc3)cc21. The van der Waals surface area contributed by atoms with E-state index in [4.69, 9.17) is 4.42 Å². The summed E-state index contributed by atoms with van der Waals surface area (Å²) in [6.45, 7) is 4.76. The molecule has 0 amide bonds. The van der Waals surface area contributed by atoms with Crippen molar-refractivity contribution in [3.63, 3.8) is 0 Å². The van der Waals surface area contributed by atoms with E-state index in [0.717, 1.165) is 45.9 Å². The van der Waals surface area contributed by atoms with Crippen LogP contribution in [0.5, 0.6) is 0 Å². The average molecular weight is 783 g/mol. The third kappa shape index (κ3) is 6.68. The maximum absolute atomic E-state index is 6.44. The van der Waals surface area contributed by atoms with Gasteiger partial charge in [0.05, 0.1) is 0 Å². The van der Waals surface area contributed by atoms with Crippen LogP contribution < -0.4 is 0 Å². The Kier molecular flexibility index (Phi) is 9.12. The summed E-state index contributed by atoms with van der Waals surface area (Å²) in [4.78, 5) is 0. The molecule has 0 aliphatic heterocycles. The fourth-order valence-electron chi connectivity index (χ4n) is 9.86. The number of rotatable bonds is 9. The van der Waals surface area contributed by atoms with Crippen molar-refractivity contribution in [3.05, 3.63) is 240 Å². The van der Waals surface area contributed by atoms with E-state index in [-0.39, 0.29) is 11.3 Å². The summed E-state index contributed by atoms with van der Waals surface area (Å²) in [5, 5.41) is 2.28. The Labute approximate surface area is 358 Å². The maximum Gasteiger partial charge on any atom is 0.143 e. The number of hydrogen-bond acceptors (Lipinski definition) is 1. The van der Waals surface area contributed by atoms with E-state index in [1.165, 1.54) is 72.3 Å². The Morgan fingerprint density at radius 1 is 0.393 bits per heavy atom. The van der Waals surface area contributed by atoms with Crippen LogP contribution in [-0.2, 0) is 11.8 Å². The van der Waals surface area contributed by atoms with Crippen LogP contribution in [0.25, 0.3) is 77.6 Å². The zero-order chi connectivity index (χ0) is 40.9. The third-order valence-corrected chi connectivity index (χ3v) is 13.2. The minimum absolute atomic E-state index is 0.0366. The van der Waals surface area contributed by atoms with Crippen molar-refractivity contribution in [2.24, 2.45) is 0 Å². The van der Waals surface area contributed by atoms with Crippen molar-refractivity contribution >= 4 is 21.9 Å². The zero-order valence-electron chi connectivity index (χ0n) is 34.6. The second-order valence-electron chi connectivity index (χ2n) is 17.2. The molecule has 1 nitrogen and oxygen atoms in total. The number of benzene rings is 9. The van der Waals surface area contributed by atoms with Gasteiger partial charge in [0.15, 0.2) is 0 Å². The Morgan fingerprint density at radius 2 is 0.934 bits per heavy atom. The highest BCUT2D eigenvalue weighted by molar-refractivity contribution is 6.11. The molecule has 292 valence electrons. The van der Waals surface area contributed by atoms with Gasteiger partial charge in [-0.1, -0.05) is 208 Å². The molecule has 1 aliphatic carbocycles. The minimum atomic E-state index is -0.0366. The van der Waals surface area contributed by atoms with Crippen LogP contribution in [0.15, 0.2) is 217 Å². The van der Waals surface area contributed by atoms with Crippen LogP contribution in [0.2, 0.25) is 0 Å². The Hall–Kier alpha value is -7.22. The largest absolute Gasteiger partial charge is 0.455 e. The number of hydrogen-bond donors (Lipinski definition) is 0. The van der Waals surface area contributed by atoms with E-state index in [9.17, 15) is 0 Å². The van der Waals surface area contributed by atoms with E-state index >= 15 is 0 Å². The standard InChI is InChI=1S/C60H46O/c1-60(2)56-19-11-9-17-51(56)52-36-34-48(39-57(52)60)50(47-32-30-43(31-33-47)41-13-5-3-6-14-41)35-23-40-21-24-42(25-22-40)44-26-28-45(29-27-44)49-37-54(46-15-7-4-8-16-46)59-55(38-49)53-18-10-12-20-58(53)61-59/h3-22,24-34,36-39,50H,23,35H2,1-2H3. The first-order valence-electron chi connectivity index (χ1n) is 21.6. The molecule has 1 aliphatic rings. The fourth-order valence-corrected chi connectivity index (χ4v) is 9.86. The lowest BCUT2D eigenvalue weighted by Crippen LogP contribution is -2.15. The summed E-state index contributed by atoms with van der Waals surface area (Å²) >= 11 is 0. The molecule has 1 atom stereocenters. The summed E-state index contributed by atoms with van der Waals surface area (Å²) in [6.07, 6.45) is 2.01. The monoisotopic (exact) mass is 782 g/mol. The van der Waals surface area contributed by atoms with Crippen LogP contribution >= 0.6 is 0 Å². The van der Waals surface area contributed by atoms with E-state index < -0.39 is 0 Å². The lowest BCUT2D eigenvalue weighted by Gasteiger charge is -2.24. The molecule has 0 saturated heterocycles. The number of para-hydroxylation sites is 1. The number of fused-ring (bicyclic) bond motifs is 6. The lowest BCUT2D eigenvalue weighted by molar-refractivity contribution is 0.654. The summed E-state index contributed by atoms with van der Waals surface area (Å²) < 4.78 is 6.44. The molecule has 11 rings (SSSR count). The van der Waals surface area contributed by atoms with Gasteiger partial charge in [-0.05, 0) is 109 Å².